The molecule has 4 aromatic carbocycles. The van der Waals surface area contributed by atoms with Crippen LogP contribution in [0.1, 0.15) is 27.7 Å². The van der Waals surface area contributed by atoms with Gasteiger partial charge < -0.3 is 45.0 Å². The lowest BCUT2D eigenvalue weighted by molar-refractivity contribution is 0.280. The van der Waals surface area contributed by atoms with Crippen LogP contribution in [0.3, 0.4) is 0 Å². The van der Waals surface area contributed by atoms with Crippen LogP contribution in [-0.2, 0) is 10.1 Å². The molecular weight excluding hydrogens is 921 g/mol. The largest absolute Gasteiger partial charge is 0.494 e. The summed E-state index contributed by atoms with van der Waals surface area (Å²) in [5, 5.41) is 45.6. The number of nitrogens with zero attached hydrogens (tertiary/aromatic N) is 12. The molecule has 0 amide bonds. The third kappa shape index (κ3) is 11.3. The number of hydrogen-bond acceptors (Lipinski definition) is 22. The van der Waals surface area contributed by atoms with Crippen molar-refractivity contribution in [3.05, 3.63) is 66.7 Å². The first-order chi connectivity index (χ1) is 32.4. The molecule has 0 saturated heterocycles. The van der Waals surface area contributed by atoms with Crippen LogP contribution in [0.5, 0.6) is 11.5 Å². The fourth-order valence-electron chi connectivity index (χ4n) is 7.04. The lowest BCUT2D eigenvalue weighted by Gasteiger charge is -2.25. The van der Waals surface area contributed by atoms with E-state index in [1.807, 2.05) is 64.1 Å². The summed E-state index contributed by atoms with van der Waals surface area (Å²) in [7, 11) is -1.28. The van der Waals surface area contributed by atoms with Gasteiger partial charge in [0.05, 0.1) is 75.5 Å². The van der Waals surface area contributed by atoms with Crippen molar-refractivity contribution in [1.82, 2.24) is 24.9 Å². The maximum atomic E-state index is 11.8. The molecule has 67 heavy (non-hydrogen) atoms. The Morgan fingerprint density at radius 3 is 1.57 bits per heavy atom. The number of aromatic nitrogens is 5. The van der Waals surface area contributed by atoms with Crippen molar-refractivity contribution in [1.29, 1.82) is 0 Å². The summed E-state index contributed by atoms with van der Waals surface area (Å²) in [5.41, 5.74) is 4.40. The van der Waals surface area contributed by atoms with Crippen LogP contribution in [-0.4, -0.2) is 115 Å². The van der Waals surface area contributed by atoms with Crippen molar-refractivity contribution < 1.29 is 32.7 Å². The molecule has 0 aliphatic rings. The van der Waals surface area contributed by atoms with Gasteiger partial charge in [-0.1, -0.05) is 34.8 Å². The Morgan fingerprint density at radius 1 is 0.612 bits per heavy atom. The first-order valence-corrected chi connectivity index (χ1v) is 24.3. The van der Waals surface area contributed by atoms with Crippen molar-refractivity contribution >= 4 is 115 Å². The second-order valence-electron chi connectivity index (χ2n) is 14.4. The minimum Gasteiger partial charge on any atom is -0.494 e. The molecule has 0 aliphatic heterocycles. The number of azo groups is 2. The topological polar surface area (TPSA) is 261 Å². The summed E-state index contributed by atoms with van der Waals surface area (Å²) < 4.78 is 46.4. The van der Waals surface area contributed by atoms with Crippen LogP contribution in [0.25, 0.3) is 20.4 Å². The molecule has 0 atom stereocenters. The van der Waals surface area contributed by atoms with Crippen molar-refractivity contribution in [2.75, 3.05) is 92.0 Å². The number of aliphatic hydroxyl groups is 2. The number of nitrogens with one attached hydrogen (secondary N) is 2. The summed E-state index contributed by atoms with van der Waals surface area (Å²) in [6.07, 6.45) is 0. The molecule has 7 rings (SSSR count). The number of thiazole rings is 2. The fraction of sp³-hybridized carbons (Fsp3) is 0.326. The van der Waals surface area contributed by atoms with E-state index in [2.05, 4.69) is 50.9 Å². The average Bonchev–Trinajstić information content (AvgIpc) is 3.95. The molecule has 352 valence electrons. The number of anilines is 7. The molecule has 0 aliphatic carbocycles. The van der Waals surface area contributed by atoms with Crippen LogP contribution in [0.15, 0.2) is 92.1 Å². The van der Waals surface area contributed by atoms with Gasteiger partial charge in [-0.2, -0.15) is 23.4 Å². The minimum atomic E-state index is -4.43. The van der Waals surface area contributed by atoms with Gasteiger partial charge in [-0.15, -0.1) is 20.5 Å². The Balaban J connectivity index is 1.35. The standard InChI is InChI=1S/C43H50N14O7S3/c1-7-55(8-2)33-22-29(31(24-35(33)63-5)51-53-42-46-27-13-11-12-14-37(27)65-42)44-39-48-40(50-41(49-39)57(17-19-58)18-20-59)45-30-23-34(56(9-3)10-4)36(64-6)25-32(30)52-54-43-47-28-16-15-26(67(60,61)62)21-38(28)66-43/h11-16,21-25,58-59H,7-10,17-20H2,1-6H3,(H,60,61,62)(H2,44,45,48,49,50)/b53-51+,54-52+. The fourth-order valence-corrected chi connectivity index (χ4v) is 9.23. The van der Waals surface area contributed by atoms with Gasteiger partial charge in [0.15, 0.2) is 0 Å². The first-order valence-electron chi connectivity index (χ1n) is 21.2. The van der Waals surface area contributed by atoms with E-state index in [9.17, 15) is 23.2 Å². The number of para-hydroxylation sites is 1. The van der Waals surface area contributed by atoms with Gasteiger partial charge in [-0.3, -0.25) is 4.55 Å². The molecule has 24 heteroatoms. The van der Waals surface area contributed by atoms with E-state index >= 15 is 0 Å². The Hall–Kier alpha value is -6.70. The number of hydrogen-bond donors (Lipinski definition) is 5. The van der Waals surface area contributed by atoms with E-state index in [1.165, 1.54) is 29.5 Å². The van der Waals surface area contributed by atoms with Crippen LogP contribution < -0.4 is 34.8 Å². The lowest BCUT2D eigenvalue weighted by atomic mass is 10.2. The number of benzene rings is 4. The van der Waals surface area contributed by atoms with Crippen molar-refractivity contribution in [3.63, 3.8) is 0 Å². The third-order valence-corrected chi connectivity index (χ3v) is 13.0. The number of ether oxygens (including phenoxy) is 2. The van der Waals surface area contributed by atoms with Crippen molar-refractivity contribution in [2.24, 2.45) is 20.5 Å². The highest BCUT2D eigenvalue weighted by molar-refractivity contribution is 7.85. The van der Waals surface area contributed by atoms with Gasteiger partial charge >= 0.3 is 0 Å². The van der Waals surface area contributed by atoms with E-state index in [-0.39, 0.29) is 54.2 Å². The average molecular weight is 971 g/mol. The van der Waals surface area contributed by atoms with Gasteiger partial charge in [0, 0.05) is 51.4 Å². The molecule has 0 bridgehead atoms. The first kappa shape index (κ1) is 48.2. The van der Waals surface area contributed by atoms with E-state index < -0.39 is 10.1 Å². The highest BCUT2D eigenvalue weighted by Crippen LogP contribution is 2.43. The molecule has 0 fully saturated rings. The van der Waals surface area contributed by atoms with Gasteiger partial charge in [-0.25, -0.2) is 9.97 Å². The number of aliphatic hydroxyl groups excluding tert-OH is 2. The maximum Gasteiger partial charge on any atom is 0.294 e. The van der Waals surface area contributed by atoms with Crippen LogP contribution >= 0.6 is 22.7 Å². The molecule has 5 N–H and O–H groups in total. The zero-order valence-corrected chi connectivity index (χ0v) is 40.0. The SMILES string of the molecule is CCN(CC)c1cc(Nc2nc(Nc3cc(N(CC)CC)c(OC)cc3/N=N/c3nc4ccc(S(=O)(=O)O)cc4s3)nc(N(CCO)CCO)n2)c(/N=N/c2nc3ccccc3s2)cc1OC. The van der Waals surface area contributed by atoms with Crippen LogP contribution in [0.2, 0.25) is 0 Å². The van der Waals surface area contributed by atoms with Crippen molar-refractivity contribution in [2.45, 2.75) is 32.6 Å². The predicted octanol–water partition coefficient (Wildman–Crippen LogP) is 9.16. The molecule has 3 aromatic heterocycles. The second kappa shape index (κ2) is 21.7. The Labute approximate surface area is 394 Å². The van der Waals surface area contributed by atoms with E-state index in [4.69, 9.17) is 24.4 Å². The Morgan fingerprint density at radius 2 is 1.10 bits per heavy atom. The molecule has 0 spiro atoms. The predicted molar refractivity (Wildman–Crippen MR) is 263 cm³/mol. The summed E-state index contributed by atoms with van der Waals surface area (Å²) in [4.78, 5) is 29.1. The van der Waals surface area contributed by atoms with Crippen molar-refractivity contribution in [3.8, 4) is 11.5 Å². The quantitative estimate of drug-likeness (QED) is 0.0313. The van der Waals surface area contributed by atoms with Gasteiger partial charge in [0.2, 0.25) is 28.1 Å². The molecule has 21 nitrogen and oxygen atoms in total. The van der Waals surface area contributed by atoms with E-state index in [1.54, 1.807) is 31.3 Å². The molecular formula is C43H50N14O7S3. The Kier molecular flexibility index (Phi) is 15.6. The maximum absolute atomic E-state index is 11.8. The number of rotatable bonds is 22. The normalized spacial score (nSPS) is 11.8. The van der Waals surface area contributed by atoms with Gasteiger partial charge in [0.25, 0.3) is 10.1 Å². The van der Waals surface area contributed by atoms with E-state index in [0.29, 0.717) is 75.8 Å². The number of fused-ring (bicyclic) bond motifs is 2. The molecule has 0 radical (unpaired) electrons. The summed E-state index contributed by atoms with van der Waals surface area (Å²) in [6, 6.07) is 19.0. The zero-order valence-electron chi connectivity index (χ0n) is 37.6. The van der Waals surface area contributed by atoms with Gasteiger partial charge in [-0.05, 0) is 70.2 Å². The molecule has 7 aromatic rings. The lowest BCUT2D eigenvalue weighted by Crippen LogP contribution is -2.31. The smallest absolute Gasteiger partial charge is 0.294 e. The van der Waals surface area contributed by atoms with Crippen LogP contribution in [0.4, 0.5) is 62.2 Å². The van der Waals surface area contributed by atoms with Gasteiger partial charge in [0.1, 0.15) is 22.9 Å². The second-order valence-corrected chi connectivity index (χ2v) is 17.8. The Bertz CT molecular complexity index is 2970. The molecule has 0 unspecified atom stereocenters. The zero-order chi connectivity index (χ0) is 47.7. The molecule has 0 saturated carbocycles. The highest BCUT2D eigenvalue weighted by atomic mass is 32.2. The molecule has 3 heterocycles. The highest BCUT2D eigenvalue weighted by Gasteiger charge is 2.21. The minimum absolute atomic E-state index is 0.0633. The summed E-state index contributed by atoms with van der Waals surface area (Å²) in [5.74, 6) is 1.37. The van der Waals surface area contributed by atoms with E-state index in [0.717, 1.165) is 32.9 Å². The monoisotopic (exact) mass is 970 g/mol. The third-order valence-electron chi connectivity index (χ3n) is 10.4. The number of methoxy groups -OCH3 is 2. The summed E-state index contributed by atoms with van der Waals surface area (Å²) >= 11 is 2.49. The van der Waals surface area contributed by atoms with Crippen LogP contribution in [0, 0.1) is 0 Å². The summed E-state index contributed by atoms with van der Waals surface area (Å²) in [6.45, 7) is 10.5.